The Labute approximate surface area is 109 Å². The predicted molar refractivity (Wildman–Crippen MR) is 69.4 cm³/mol. The molecule has 1 saturated carbocycles. The minimum absolute atomic E-state index is 0.120. The third kappa shape index (κ3) is 2.60. The highest BCUT2D eigenvalue weighted by Gasteiger charge is 2.33. The van der Waals surface area contributed by atoms with Crippen LogP contribution in [0.25, 0.3) is 0 Å². The van der Waals surface area contributed by atoms with E-state index < -0.39 is 0 Å². The number of hydrogen-bond acceptors (Lipinski definition) is 0. The lowest BCUT2D eigenvalue weighted by Crippen LogP contribution is -2.22. The zero-order valence-electron chi connectivity index (χ0n) is 9.11. The molecule has 0 heterocycles. The summed E-state index contributed by atoms with van der Waals surface area (Å²) in [5, 5.41) is 0. The molecule has 0 nitrogen and oxygen atoms in total. The summed E-state index contributed by atoms with van der Waals surface area (Å²) in [5.41, 5.74) is 0.932. The van der Waals surface area contributed by atoms with Gasteiger partial charge in [-0.15, -0.1) is 11.6 Å². The van der Waals surface area contributed by atoms with Gasteiger partial charge in [0, 0.05) is 10.4 Å². The van der Waals surface area contributed by atoms with Gasteiger partial charge in [-0.3, -0.25) is 0 Å². The van der Waals surface area contributed by atoms with Crippen LogP contribution in [0.15, 0.2) is 22.7 Å². The van der Waals surface area contributed by atoms with Crippen LogP contribution in [0.4, 0.5) is 4.39 Å². The van der Waals surface area contributed by atoms with E-state index in [1.807, 2.05) is 12.1 Å². The Morgan fingerprint density at radius 2 is 2.00 bits per heavy atom. The first kappa shape index (κ1) is 12.4. The van der Waals surface area contributed by atoms with Crippen LogP contribution < -0.4 is 0 Å². The molecule has 0 atom stereocenters. The van der Waals surface area contributed by atoms with Gasteiger partial charge in [-0.05, 0) is 42.4 Å². The molecule has 0 N–H and O–H groups in total. The molecule has 0 unspecified atom stereocenters. The second-order valence-corrected chi connectivity index (χ2v) is 5.94. The second-order valence-electron chi connectivity index (χ2n) is 4.75. The number of rotatable bonds is 3. The van der Waals surface area contributed by atoms with Crippen molar-refractivity contribution >= 4 is 27.5 Å². The van der Waals surface area contributed by atoms with Gasteiger partial charge < -0.3 is 0 Å². The third-order valence-corrected chi connectivity index (χ3v) is 4.59. The molecule has 0 aliphatic heterocycles. The maximum absolute atomic E-state index is 13.7. The summed E-state index contributed by atoms with van der Waals surface area (Å²) in [7, 11) is 0. The lowest BCUT2D eigenvalue weighted by Gasteiger charge is -2.26. The van der Waals surface area contributed by atoms with Crippen molar-refractivity contribution in [2.45, 2.75) is 32.1 Å². The average molecular weight is 306 g/mol. The van der Waals surface area contributed by atoms with Crippen molar-refractivity contribution in [2.75, 3.05) is 5.88 Å². The Bertz CT molecular complexity index is 372. The van der Waals surface area contributed by atoms with Crippen LogP contribution in [0.5, 0.6) is 0 Å². The highest BCUT2D eigenvalue weighted by molar-refractivity contribution is 9.10. The standard InChI is InChI=1S/C13H15BrClF/c14-11-4-3-10(12(16)7-11)8-13(9-15)5-1-2-6-13/h3-4,7H,1-2,5-6,8-9H2. The van der Waals surface area contributed by atoms with Crippen molar-refractivity contribution in [1.82, 2.24) is 0 Å². The largest absolute Gasteiger partial charge is 0.207 e. The number of hydrogen-bond donors (Lipinski definition) is 0. The molecule has 0 aromatic heterocycles. The lowest BCUT2D eigenvalue weighted by molar-refractivity contribution is 0.335. The van der Waals surface area contributed by atoms with Gasteiger partial charge >= 0.3 is 0 Å². The van der Waals surface area contributed by atoms with Gasteiger partial charge in [0.15, 0.2) is 0 Å². The van der Waals surface area contributed by atoms with Crippen molar-refractivity contribution in [2.24, 2.45) is 5.41 Å². The third-order valence-electron chi connectivity index (χ3n) is 3.53. The monoisotopic (exact) mass is 304 g/mol. The minimum atomic E-state index is -0.120. The molecule has 0 saturated heterocycles. The molecule has 88 valence electrons. The van der Waals surface area contributed by atoms with E-state index in [2.05, 4.69) is 15.9 Å². The van der Waals surface area contributed by atoms with Gasteiger partial charge in [-0.2, -0.15) is 0 Å². The van der Waals surface area contributed by atoms with Crippen LogP contribution in [0, 0.1) is 11.2 Å². The normalized spacial score (nSPS) is 18.9. The summed E-state index contributed by atoms with van der Waals surface area (Å²) >= 11 is 9.34. The summed E-state index contributed by atoms with van der Waals surface area (Å²) in [5.74, 6) is 0.522. The molecular formula is C13H15BrClF. The van der Waals surface area contributed by atoms with E-state index in [4.69, 9.17) is 11.6 Å². The maximum Gasteiger partial charge on any atom is 0.127 e. The molecule has 1 aromatic carbocycles. The summed E-state index contributed by atoms with van der Waals surface area (Å²) in [6.07, 6.45) is 5.49. The molecule has 1 aliphatic carbocycles. The molecule has 1 fully saturated rings. The van der Waals surface area contributed by atoms with E-state index in [1.54, 1.807) is 0 Å². The zero-order chi connectivity index (χ0) is 11.6. The lowest BCUT2D eigenvalue weighted by atomic mass is 9.82. The molecule has 1 aromatic rings. The SMILES string of the molecule is Fc1cc(Br)ccc1CC1(CCl)CCCC1. The van der Waals surface area contributed by atoms with Gasteiger partial charge in [0.25, 0.3) is 0 Å². The Balaban J connectivity index is 2.19. The molecule has 16 heavy (non-hydrogen) atoms. The smallest absolute Gasteiger partial charge is 0.127 e. The van der Waals surface area contributed by atoms with E-state index in [0.717, 1.165) is 29.3 Å². The van der Waals surface area contributed by atoms with Crippen LogP contribution in [-0.2, 0) is 6.42 Å². The number of alkyl halides is 1. The van der Waals surface area contributed by atoms with E-state index in [9.17, 15) is 4.39 Å². The van der Waals surface area contributed by atoms with Crippen molar-refractivity contribution in [1.29, 1.82) is 0 Å². The molecule has 3 heteroatoms. The summed E-state index contributed by atoms with van der Waals surface area (Å²) in [6, 6.07) is 5.30. The van der Waals surface area contributed by atoms with Crippen LogP contribution in [0.1, 0.15) is 31.2 Å². The van der Waals surface area contributed by atoms with E-state index in [1.165, 1.54) is 18.9 Å². The van der Waals surface area contributed by atoms with Gasteiger partial charge in [0.2, 0.25) is 0 Å². The van der Waals surface area contributed by atoms with Crippen LogP contribution in [0.2, 0.25) is 0 Å². The van der Waals surface area contributed by atoms with Gasteiger partial charge in [-0.1, -0.05) is 34.8 Å². The first-order valence-corrected chi connectivity index (χ1v) is 6.98. The minimum Gasteiger partial charge on any atom is -0.207 e. The van der Waals surface area contributed by atoms with Crippen LogP contribution in [-0.4, -0.2) is 5.88 Å². The fourth-order valence-electron chi connectivity index (χ4n) is 2.55. The highest BCUT2D eigenvalue weighted by atomic mass is 79.9. The van der Waals surface area contributed by atoms with Crippen molar-refractivity contribution in [3.05, 3.63) is 34.1 Å². The zero-order valence-corrected chi connectivity index (χ0v) is 11.5. The number of benzene rings is 1. The second kappa shape index (κ2) is 5.05. The molecule has 0 amide bonds. The topological polar surface area (TPSA) is 0 Å². The Morgan fingerprint density at radius 3 is 2.56 bits per heavy atom. The van der Waals surface area contributed by atoms with Gasteiger partial charge in [0.1, 0.15) is 5.82 Å². The van der Waals surface area contributed by atoms with E-state index in [0.29, 0.717) is 5.88 Å². The molecule has 1 aliphatic rings. The average Bonchev–Trinajstić information content (AvgIpc) is 2.72. The number of halogens is 3. The fourth-order valence-corrected chi connectivity index (χ4v) is 3.25. The Hall–Kier alpha value is -0.0800. The Kier molecular flexibility index (Phi) is 3.91. The fraction of sp³-hybridized carbons (Fsp3) is 0.538. The summed E-state index contributed by atoms with van der Waals surface area (Å²) < 4.78 is 14.5. The molecular weight excluding hydrogens is 290 g/mol. The Morgan fingerprint density at radius 1 is 1.31 bits per heavy atom. The van der Waals surface area contributed by atoms with Crippen molar-refractivity contribution < 1.29 is 4.39 Å². The highest BCUT2D eigenvalue weighted by Crippen LogP contribution is 2.42. The van der Waals surface area contributed by atoms with Gasteiger partial charge in [0.05, 0.1) is 0 Å². The molecule has 0 radical (unpaired) electrons. The maximum atomic E-state index is 13.7. The van der Waals surface area contributed by atoms with Crippen LogP contribution in [0.3, 0.4) is 0 Å². The molecule has 0 bridgehead atoms. The first-order chi connectivity index (χ1) is 7.65. The summed E-state index contributed by atoms with van der Waals surface area (Å²) in [4.78, 5) is 0. The van der Waals surface area contributed by atoms with Gasteiger partial charge in [-0.25, -0.2) is 4.39 Å². The van der Waals surface area contributed by atoms with Crippen molar-refractivity contribution in [3.63, 3.8) is 0 Å². The molecule has 0 spiro atoms. The summed E-state index contributed by atoms with van der Waals surface area (Å²) in [6.45, 7) is 0. The first-order valence-electron chi connectivity index (χ1n) is 5.65. The predicted octanol–water partition coefficient (Wildman–Crippen LogP) is 4.93. The molecule has 2 rings (SSSR count). The quantitative estimate of drug-likeness (QED) is 0.695. The van der Waals surface area contributed by atoms with Crippen LogP contribution >= 0.6 is 27.5 Å². The van der Waals surface area contributed by atoms with E-state index in [-0.39, 0.29) is 11.2 Å². The van der Waals surface area contributed by atoms with Crippen molar-refractivity contribution in [3.8, 4) is 0 Å². The van der Waals surface area contributed by atoms with E-state index >= 15 is 0 Å².